The second kappa shape index (κ2) is 12.0. The largest absolute Gasteiger partial charge is 0.492 e. The van der Waals surface area contributed by atoms with Crippen LogP contribution in [0.4, 0.5) is 10.1 Å². The number of hydrogen-bond donors (Lipinski definition) is 3. The van der Waals surface area contributed by atoms with E-state index in [1.165, 1.54) is 25.0 Å². The monoisotopic (exact) mass is 616 g/mol. The summed E-state index contributed by atoms with van der Waals surface area (Å²) in [4.78, 5) is 31.7. The van der Waals surface area contributed by atoms with Crippen LogP contribution in [0, 0.1) is 11.7 Å². The summed E-state index contributed by atoms with van der Waals surface area (Å²) >= 11 is 0. The van der Waals surface area contributed by atoms with E-state index in [9.17, 15) is 9.18 Å². The topological polar surface area (TPSA) is 125 Å². The second-order valence-corrected chi connectivity index (χ2v) is 12.2. The number of anilines is 1. The molecule has 0 bridgehead atoms. The molecule has 0 unspecified atom stereocenters. The van der Waals surface area contributed by atoms with Crippen molar-refractivity contribution in [3.8, 4) is 39.5 Å². The van der Waals surface area contributed by atoms with Crippen molar-refractivity contribution < 1.29 is 13.9 Å². The molecule has 5 aromatic heterocycles. The van der Waals surface area contributed by atoms with Gasteiger partial charge in [0.15, 0.2) is 0 Å². The number of likely N-dealkylation sites (tertiary alicyclic amines) is 1. The van der Waals surface area contributed by atoms with Crippen molar-refractivity contribution in [1.29, 1.82) is 0 Å². The van der Waals surface area contributed by atoms with Crippen LogP contribution in [0.2, 0.25) is 0 Å². The highest BCUT2D eigenvalue weighted by molar-refractivity contribution is 6.01. The molecule has 10 nitrogen and oxygen atoms in total. The molecule has 1 saturated heterocycles. The van der Waals surface area contributed by atoms with Gasteiger partial charge < -0.3 is 15.0 Å². The minimum atomic E-state index is -0.360. The third-order valence-corrected chi connectivity index (χ3v) is 9.08. The Hall–Kier alpha value is -5.16. The van der Waals surface area contributed by atoms with E-state index < -0.39 is 0 Å². The molecule has 1 aliphatic carbocycles. The lowest BCUT2D eigenvalue weighted by Crippen LogP contribution is -2.28. The summed E-state index contributed by atoms with van der Waals surface area (Å²) in [5, 5.41) is 12.4. The predicted molar refractivity (Wildman–Crippen MR) is 175 cm³/mol. The molecule has 1 aliphatic heterocycles. The summed E-state index contributed by atoms with van der Waals surface area (Å²) in [6.45, 7) is 3.53. The van der Waals surface area contributed by atoms with Crippen molar-refractivity contribution >= 4 is 33.4 Å². The highest BCUT2D eigenvalue weighted by atomic mass is 19.1. The standard InChI is InChI=1S/C35H33FN8O2/c36-24-10-22(12-26(13-24)46-9-8-44-6-1-2-7-44)29-18-38-19-32-27(29)14-31(41-32)34-28-15-30(39-20-33(28)42-43-34)23-11-25(17-37-16-23)40-35(45)21-4-3-5-21/h10-21,41H,1-9H2,(H,40,45)(H,42,43). The first kappa shape index (κ1) is 28.3. The summed E-state index contributed by atoms with van der Waals surface area (Å²) in [6.07, 6.45) is 14.0. The van der Waals surface area contributed by atoms with Gasteiger partial charge in [0, 0.05) is 52.8 Å². The Balaban J connectivity index is 1.09. The zero-order valence-corrected chi connectivity index (χ0v) is 25.2. The highest BCUT2D eigenvalue weighted by Crippen LogP contribution is 2.36. The fourth-order valence-corrected chi connectivity index (χ4v) is 6.35. The van der Waals surface area contributed by atoms with Crippen molar-refractivity contribution in [2.75, 3.05) is 31.6 Å². The normalized spacial score (nSPS) is 15.4. The van der Waals surface area contributed by atoms with Crippen molar-refractivity contribution in [3.63, 3.8) is 0 Å². The van der Waals surface area contributed by atoms with Crippen LogP contribution in [0.3, 0.4) is 0 Å². The van der Waals surface area contributed by atoms with Gasteiger partial charge in [-0.3, -0.25) is 29.7 Å². The number of fused-ring (bicyclic) bond motifs is 2. The quantitative estimate of drug-likeness (QED) is 0.168. The van der Waals surface area contributed by atoms with E-state index in [2.05, 4.69) is 40.3 Å². The molecular weight excluding hydrogens is 583 g/mol. The van der Waals surface area contributed by atoms with Gasteiger partial charge in [0.25, 0.3) is 0 Å². The van der Waals surface area contributed by atoms with Gasteiger partial charge >= 0.3 is 0 Å². The SMILES string of the molecule is O=C(Nc1cncc(-c2cc3c(-c4cc5c(-c6cc(F)cc(OCCN7CCCC7)c6)cncc5[nH]4)n[nH]c3cn2)c1)C1CCC1. The van der Waals surface area contributed by atoms with Gasteiger partial charge in [0.2, 0.25) is 5.91 Å². The van der Waals surface area contributed by atoms with E-state index in [4.69, 9.17) is 4.74 Å². The Morgan fingerprint density at radius 3 is 2.63 bits per heavy atom. The molecule has 0 radical (unpaired) electrons. The molecule has 0 atom stereocenters. The van der Waals surface area contributed by atoms with Crippen molar-refractivity contribution in [3.05, 3.63) is 73.2 Å². The summed E-state index contributed by atoms with van der Waals surface area (Å²) in [7, 11) is 0. The average Bonchev–Trinajstić information content (AvgIpc) is 3.79. The molecule has 8 rings (SSSR count). The van der Waals surface area contributed by atoms with Gasteiger partial charge in [-0.25, -0.2) is 4.39 Å². The van der Waals surface area contributed by atoms with Crippen LogP contribution < -0.4 is 10.1 Å². The molecule has 6 heterocycles. The number of aromatic nitrogens is 6. The van der Waals surface area contributed by atoms with Crippen LogP contribution in [0.1, 0.15) is 32.1 Å². The average molecular weight is 617 g/mol. The number of carbonyl (C=O) groups is 1. The third-order valence-electron chi connectivity index (χ3n) is 9.08. The number of hydrogen-bond acceptors (Lipinski definition) is 7. The smallest absolute Gasteiger partial charge is 0.227 e. The van der Waals surface area contributed by atoms with E-state index in [1.807, 2.05) is 24.3 Å². The maximum atomic E-state index is 14.8. The Morgan fingerprint density at radius 2 is 1.78 bits per heavy atom. The second-order valence-electron chi connectivity index (χ2n) is 12.2. The van der Waals surface area contributed by atoms with Crippen molar-refractivity contribution in [2.24, 2.45) is 5.92 Å². The molecule has 46 heavy (non-hydrogen) atoms. The van der Waals surface area contributed by atoms with Gasteiger partial charge in [-0.1, -0.05) is 6.42 Å². The molecule has 1 amide bonds. The number of H-pyrrole nitrogens is 2. The number of nitrogens with zero attached hydrogens (tertiary/aromatic N) is 5. The van der Waals surface area contributed by atoms with Gasteiger partial charge in [-0.15, -0.1) is 0 Å². The molecule has 1 aromatic carbocycles. The summed E-state index contributed by atoms with van der Waals surface area (Å²) in [5.74, 6) is 0.264. The Kier molecular flexibility index (Phi) is 7.37. The fourth-order valence-electron chi connectivity index (χ4n) is 6.35. The van der Waals surface area contributed by atoms with Crippen molar-refractivity contribution in [2.45, 2.75) is 32.1 Å². The van der Waals surface area contributed by atoms with Gasteiger partial charge in [-0.2, -0.15) is 5.10 Å². The number of pyridine rings is 3. The molecule has 2 fully saturated rings. The van der Waals surface area contributed by atoms with Gasteiger partial charge in [-0.05, 0) is 74.7 Å². The van der Waals surface area contributed by atoms with Crippen LogP contribution in [0.15, 0.2) is 67.4 Å². The number of carbonyl (C=O) groups excluding carboxylic acids is 1. The minimum Gasteiger partial charge on any atom is -0.492 e. The number of rotatable bonds is 9. The first-order valence-electron chi connectivity index (χ1n) is 15.8. The fraction of sp³-hybridized carbons (Fsp3) is 0.286. The van der Waals surface area contributed by atoms with Crippen LogP contribution in [-0.2, 0) is 4.79 Å². The van der Waals surface area contributed by atoms with E-state index in [0.29, 0.717) is 35.0 Å². The van der Waals surface area contributed by atoms with Gasteiger partial charge in [0.05, 0.1) is 46.7 Å². The van der Waals surface area contributed by atoms with E-state index in [0.717, 1.165) is 77.5 Å². The number of ether oxygens (including phenoxy) is 1. The molecule has 11 heteroatoms. The lowest BCUT2D eigenvalue weighted by molar-refractivity contribution is -0.122. The minimum absolute atomic E-state index is 0.0397. The highest BCUT2D eigenvalue weighted by Gasteiger charge is 2.25. The number of amides is 1. The molecule has 2 aliphatic rings. The van der Waals surface area contributed by atoms with Crippen molar-refractivity contribution in [1.82, 2.24) is 35.0 Å². The Bertz CT molecular complexity index is 2060. The molecule has 232 valence electrons. The van der Waals surface area contributed by atoms with Gasteiger partial charge in [0.1, 0.15) is 23.9 Å². The molecule has 1 saturated carbocycles. The summed E-state index contributed by atoms with van der Waals surface area (Å²) < 4.78 is 20.8. The lowest BCUT2D eigenvalue weighted by Gasteiger charge is -2.24. The summed E-state index contributed by atoms with van der Waals surface area (Å²) in [6, 6.07) is 10.7. The van der Waals surface area contributed by atoms with E-state index in [1.54, 1.807) is 31.0 Å². The zero-order chi connectivity index (χ0) is 31.0. The number of aromatic amines is 2. The number of halogens is 1. The maximum absolute atomic E-state index is 14.8. The number of benzene rings is 1. The predicted octanol–water partition coefficient (Wildman–Crippen LogP) is 6.58. The first-order valence-corrected chi connectivity index (χ1v) is 15.8. The van der Waals surface area contributed by atoms with Crippen LogP contribution in [-0.4, -0.2) is 67.2 Å². The third kappa shape index (κ3) is 5.58. The van der Waals surface area contributed by atoms with Crippen LogP contribution in [0.5, 0.6) is 5.75 Å². The molecular formula is C35H33FN8O2. The lowest BCUT2D eigenvalue weighted by atomic mass is 9.85. The Labute approximate surface area is 264 Å². The van der Waals surface area contributed by atoms with E-state index >= 15 is 0 Å². The number of nitrogens with one attached hydrogen (secondary N) is 3. The van der Waals surface area contributed by atoms with Crippen LogP contribution >= 0.6 is 0 Å². The Morgan fingerprint density at radius 1 is 0.913 bits per heavy atom. The van der Waals surface area contributed by atoms with E-state index in [-0.39, 0.29) is 17.6 Å². The molecule has 6 aromatic rings. The molecule has 0 spiro atoms. The zero-order valence-electron chi connectivity index (χ0n) is 25.2. The molecule has 3 N–H and O–H groups in total. The summed E-state index contributed by atoms with van der Waals surface area (Å²) in [5.41, 5.74) is 6.70. The maximum Gasteiger partial charge on any atom is 0.227 e. The van der Waals surface area contributed by atoms with Crippen LogP contribution in [0.25, 0.3) is 55.6 Å². The first-order chi connectivity index (χ1) is 22.6.